The van der Waals surface area contributed by atoms with E-state index in [4.69, 9.17) is 17.0 Å². The van der Waals surface area contributed by atoms with Crippen molar-refractivity contribution in [1.82, 2.24) is 9.97 Å². The summed E-state index contributed by atoms with van der Waals surface area (Å²) >= 11 is 4.75. The highest BCUT2D eigenvalue weighted by Gasteiger charge is 2.08. The van der Waals surface area contributed by atoms with Crippen LogP contribution in [0.25, 0.3) is 0 Å². The number of ether oxygens (including phenoxy) is 1. The lowest BCUT2D eigenvalue weighted by Gasteiger charge is -1.99. The molecule has 0 bridgehead atoms. The first kappa shape index (κ1) is 9.66. The predicted octanol–water partition coefficient (Wildman–Crippen LogP) is 0.609. The molecule has 5 nitrogen and oxygen atoms in total. The van der Waals surface area contributed by atoms with Crippen molar-refractivity contribution in [2.24, 2.45) is 0 Å². The van der Waals surface area contributed by atoms with E-state index >= 15 is 0 Å². The molecule has 0 spiro atoms. The van der Waals surface area contributed by atoms with Crippen LogP contribution < -0.4 is 5.69 Å². The molecule has 0 atom stereocenters. The summed E-state index contributed by atoms with van der Waals surface area (Å²) in [6.07, 6.45) is 1.24. The summed E-state index contributed by atoms with van der Waals surface area (Å²) in [5.41, 5.74) is -0.283. The monoisotopic (exact) mass is 200 g/mol. The Labute approximate surface area is 78.8 Å². The molecule has 1 heterocycles. The number of rotatable bonds is 2. The quantitative estimate of drug-likeness (QED) is 0.541. The van der Waals surface area contributed by atoms with Crippen molar-refractivity contribution in [2.45, 2.75) is 6.92 Å². The molecule has 1 aromatic rings. The number of aromatic nitrogens is 2. The normalized spacial score (nSPS) is 9.62. The van der Waals surface area contributed by atoms with Crippen molar-refractivity contribution in [3.05, 3.63) is 26.9 Å². The molecular formula is C7H8N2O3S. The maximum absolute atomic E-state index is 11.1. The number of aromatic amines is 2. The van der Waals surface area contributed by atoms with E-state index in [9.17, 15) is 9.59 Å². The van der Waals surface area contributed by atoms with Crippen LogP contribution in [0.15, 0.2) is 11.0 Å². The molecule has 1 aromatic heterocycles. The Morgan fingerprint density at radius 1 is 1.69 bits per heavy atom. The summed E-state index contributed by atoms with van der Waals surface area (Å²) in [6.45, 7) is 1.96. The standard InChI is InChI=1S/C7H8N2O3S/c1-2-12-6(10)4-3-8-7(11)9-5(4)13/h3H,2H2,1H3,(H2,8,9,11,13). The Bertz CT molecular complexity index is 420. The molecule has 0 fully saturated rings. The second-order valence-electron chi connectivity index (χ2n) is 2.21. The summed E-state index contributed by atoms with van der Waals surface area (Å²) in [5.74, 6) is -0.542. The summed E-state index contributed by atoms with van der Waals surface area (Å²) in [6, 6.07) is 0. The van der Waals surface area contributed by atoms with E-state index in [0.717, 1.165) is 0 Å². The van der Waals surface area contributed by atoms with E-state index < -0.39 is 11.7 Å². The Morgan fingerprint density at radius 3 is 2.92 bits per heavy atom. The van der Waals surface area contributed by atoms with Crippen LogP contribution in [0.3, 0.4) is 0 Å². The van der Waals surface area contributed by atoms with Crippen LogP contribution in [-0.4, -0.2) is 22.5 Å². The third-order valence-corrected chi connectivity index (χ3v) is 1.64. The fraction of sp³-hybridized carbons (Fsp3) is 0.286. The van der Waals surface area contributed by atoms with Gasteiger partial charge in [0.2, 0.25) is 0 Å². The van der Waals surface area contributed by atoms with Crippen molar-refractivity contribution in [2.75, 3.05) is 6.61 Å². The van der Waals surface area contributed by atoms with Gasteiger partial charge in [0, 0.05) is 6.20 Å². The molecule has 0 unspecified atom stereocenters. The molecule has 6 heteroatoms. The minimum Gasteiger partial charge on any atom is -0.462 e. The molecule has 0 saturated carbocycles. The lowest BCUT2D eigenvalue weighted by atomic mass is 10.3. The second kappa shape index (κ2) is 3.99. The highest BCUT2D eigenvalue weighted by Crippen LogP contribution is 1.98. The molecule has 70 valence electrons. The number of H-pyrrole nitrogens is 2. The zero-order chi connectivity index (χ0) is 9.84. The molecule has 0 saturated heterocycles. The summed E-state index contributed by atoms with van der Waals surface area (Å²) in [4.78, 5) is 26.4. The van der Waals surface area contributed by atoms with Crippen LogP contribution in [0, 0.1) is 4.64 Å². The lowest BCUT2D eigenvalue weighted by Crippen LogP contribution is -2.14. The number of nitrogens with one attached hydrogen (secondary N) is 2. The molecule has 2 N–H and O–H groups in total. The maximum atomic E-state index is 11.1. The lowest BCUT2D eigenvalue weighted by molar-refractivity contribution is 0.0524. The third kappa shape index (κ3) is 2.25. The minimum atomic E-state index is -0.542. The van der Waals surface area contributed by atoms with Crippen LogP contribution in [0.5, 0.6) is 0 Å². The van der Waals surface area contributed by atoms with Gasteiger partial charge in [-0.05, 0) is 6.92 Å². The number of carbonyl (C=O) groups is 1. The summed E-state index contributed by atoms with van der Waals surface area (Å²) < 4.78 is 4.79. The van der Waals surface area contributed by atoms with Gasteiger partial charge in [-0.1, -0.05) is 12.2 Å². The van der Waals surface area contributed by atoms with Gasteiger partial charge in [-0.25, -0.2) is 9.59 Å². The van der Waals surface area contributed by atoms with E-state index in [1.807, 2.05) is 0 Å². The number of hydrogen-bond acceptors (Lipinski definition) is 4. The van der Waals surface area contributed by atoms with Gasteiger partial charge in [0.05, 0.1) is 6.61 Å². The Hall–Kier alpha value is -1.43. The van der Waals surface area contributed by atoms with Gasteiger partial charge in [0.25, 0.3) is 0 Å². The SMILES string of the molecule is CCOC(=O)c1c[nH]c(=O)[nH]c1=S. The molecule has 0 amide bonds. The average Bonchev–Trinajstić information content (AvgIpc) is 2.04. The van der Waals surface area contributed by atoms with E-state index in [1.54, 1.807) is 6.92 Å². The van der Waals surface area contributed by atoms with Gasteiger partial charge in [0.15, 0.2) is 0 Å². The van der Waals surface area contributed by atoms with Gasteiger partial charge >= 0.3 is 11.7 Å². The van der Waals surface area contributed by atoms with Gasteiger partial charge in [-0.15, -0.1) is 0 Å². The molecule has 0 aliphatic rings. The fourth-order valence-corrected chi connectivity index (χ4v) is 1.01. The largest absolute Gasteiger partial charge is 0.462 e. The number of hydrogen-bond donors (Lipinski definition) is 2. The summed E-state index contributed by atoms with van der Waals surface area (Å²) in [5, 5.41) is 0. The minimum absolute atomic E-state index is 0.0854. The zero-order valence-corrected chi connectivity index (χ0v) is 7.73. The van der Waals surface area contributed by atoms with Crippen molar-refractivity contribution in [3.63, 3.8) is 0 Å². The first-order valence-corrected chi connectivity index (χ1v) is 4.05. The number of carbonyl (C=O) groups excluding carboxylic acids is 1. The highest BCUT2D eigenvalue weighted by atomic mass is 32.1. The van der Waals surface area contributed by atoms with Gasteiger partial charge < -0.3 is 9.72 Å². The molecule has 0 aliphatic carbocycles. The van der Waals surface area contributed by atoms with Crippen LogP contribution >= 0.6 is 12.2 Å². The fourth-order valence-electron chi connectivity index (χ4n) is 0.770. The van der Waals surface area contributed by atoms with Crippen molar-refractivity contribution in [1.29, 1.82) is 0 Å². The average molecular weight is 200 g/mol. The predicted molar refractivity (Wildman–Crippen MR) is 48.2 cm³/mol. The van der Waals surface area contributed by atoms with Crippen LogP contribution in [-0.2, 0) is 4.74 Å². The first-order valence-electron chi connectivity index (χ1n) is 3.64. The third-order valence-electron chi connectivity index (χ3n) is 1.31. The van der Waals surface area contributed by atoms with Crippen LogP contribution in [0.1, 0.15) is 17.3 Å². The van der Waals surface area contributed by atoms with Crippen molar-refractivity contribution in [3.8, 4) is 0 Å². The van der Waals surface area contributed by atoms with E-state index in [1.165, 1.54) is 6.20 Å². The topological polar surface area (TPSA) is 75.0 Å². The second-order valence-corrected chi connectivity index (χ2v) is 2.61. The van der Waals surface area contributed by atoms with Gasteiger partial charge in [-0.3, -0.25) is 4.98 Å². The van der Waals surface area contributed by atoms with E-state index in [-0.39, 0.29) is 16.8 Å². The zero-order valence-electron chi connectivity index (χ0n) is 6.92. The molecule has 0 aliphatic heterocycles. The Kier molecular flexibility index (Phi) is 2.97. The van der Waals surface area contributed by atoms with E-state index in [2.05, 4.69) is 9.97 Å². The van der Waals surface area contributed by atoms with Crippen molar-refractivity contribution >= 4 is 18.2 Å². The smallest absolute Gasteiger partial charge is 0.342 e. The molecular weight excluding hydrogens is 192 g/mol. The first-order chi connectivity index (χ1) is 6.15. The highest BCUT2D eigenvalue weighted by molar-refractivity contribution is 7.71. The van der Waals surface area contributed by atoms with Crippen LogP contribution in [0.2, 0.25) is 0 Å². The maximum Gasteiger partial charge on any atom is 0.342 e. The van der Waals surface area contributed by atoms with Crippen LogP contribution in [0.4, 0.5) is 0 Å². The van der Waals surface area contributed by atoms with Crippen molar-refractivity contribution < 1.29 is 9.53 Å². The Morgan fingerprint density at radius 2 is 2.38 bits per heavy atom. The number of esters is 1. The molecule has 1 rings (SSSR count). The molecule has 0 aromatic carbocycles. The Balaban J connectivity index is 3.09. The van der Waals surface area contributed by atoms with Gasteiger partial charge in [0.1, 0.15) is 10.2 Å². The molecule has 13 heavy (non-hydrogen) atoms. The van der Waals surface area contributed by atoms with E-state index in [0.29, 0.717) is 0 Å². The van der Waals surface area contributed by atoms with Gasteiger partial charge in [-0.2, -0.15) is 0 Å². The summed E-state index contributed by atoms with van der Waals surface area (Å²) in [7, 11) is 0. The molecule has 0 radical (unpaired) electrons.